The largest absolute Gasteiger partial charge is 0.465 e. The molecule has 0 radical (unpaired) electrons. The Morgan fingerprint density at radius 2 is 2.28 bits per heavy atom. The molecule has 0 saturated carbocycles. The first-order chi connectivity index (χ1) is 12.0. The van der Waals surface area contributed by atoms with Crippen molar-refractivity contribution in [1.82, 2.24) is 15.1 Å². The molecule has 1 aromatic carbocycles. The van der Waals surface area contributed by atoms with Crippen molar-refractivity contribution >= 4 is 17.6 Å². The van der Waals surface area contributed by atoms with Gasteiger partial charge in [0.2, 0.25) is 5.91 Å². The van der Waals surface area contributed by atoms with Gasteiger partial charge in [0, 0.05) is 30.5 Å². The van der Waals surface area contributed by atoms with Crippen LogP contribution in [0.25, 0.3) is 0 Å². The highest BCUT2D eigenvalue weighted by Crippen LogP contribution is 2.24. The Kier molecular flexibility index (Phi) is 4.85. The predicted octanol–water partition coefficient (Wildman–Crippen LogP) is 1.56. The number of carbonyl (C=O) groups excluding carboxylic acids is 2. The van der Waals surface area contributed by atoms with Gasteiger partial charge in [-0.25, -0.2) is 4.79 Å². The van der Waals surface area contributed by atoms with Gasteiger partial charge in [-0.15, -0.1) is 0 Å². The zero-order chi connectivity index (χ0) is 18.0. The second kappa shape index (κ2) is 7.06. The van der Waals surface area contributed by atoms with Gasteiger partial charge in [0.25, 0.3) is 0 Å². The van der Waals surface area contributed by atoms with Gasteiger partial charge in [-0.3, -0.25) is 9.48 Å². The molecule has 2 N–H and O–H groups in total. The number of rotatable bonds is 4. The molecule has 132 valence electrons. The summed E-state index contributed by atoms with van der Waals surface area (Å²) >= 11 is 0. The molecule has 2 aromatic rings. The smallest absolute Gasteiger partial charge is 0.337 e. The third-order valence-electron chi connectivity index (χ3n) is 4.68. The number of carbonyl (C=O) groups is 2. The molecule has 1 aliphatic rings. The standard InChI is InChI=1S/C18H22N4O3/c1-11-14(10-20-22(11)2)9-19-16-7-4-12-8-13(18(24)25-3)5-6-15(12)21-17(16)23/h5-6,8,10,16,19H,4,7,9H2,1-3H3,(H,21,23). The number of aromatic nitrogens is 2. The summed E-state index contributed by atoms with van der Waals surface area (Å²) in [7, 11) is 3.25. The highest BCUT2D eigenvalue weighted by molar-refractivity contribution is 5.97. The number of hydrogen-bond donors (Lipinski definition) is 2. The first-order valence-corrected chi connectivity index (χ1v) is 8.22. The molecule has 7 heteroatoms. The molecule has 2 heterocycles. The van der Waals surface area contributed by atoms with E-state index in [1.807, 2.05) is 24.9 Å². The molecule has 1 atom stereocenters. The minimum atomic E-state index is -0.375. The van der Waals surface area contributed by atoms with Crippen molar-refractivity contribution in [3.8, 4) is 0 Å². The van der Waals surface area contributed by atoms with E-state index in [0.29, 0.717) is 24.9 Å². The summed E-state index contributed by atoms with van der Waals surface area (Å²) < 4.78 is 6.57. The number of anilines is 1. The number of methoxy groups -OCH3 is 1. The Labute approximate surface area is 146 Å². The van der Waals surface area contributed by atoms with Gasteiger partial charge >= 0.3 is 5.97 Å². The summed E-state index contributed by atoms with van der Waals surface area (Å²) in [6.07, 6.45) is 3.17. The first kappa shape index (κ1) is 17.2. The van der Waals surface area contributed by atoms with E-state index in [2.05, 4.69) is 15.7 Å². The minimum Gasteiger partial charge on any atom is -0.465 e. The second-order valence-corrected chi connectivity index (χ2v) is 6.20. The maximum Gasteiger partial charge on any atom is 0.337 e. The molecular formula is C18H22N4O3. The van der Waals surface area contributed by atoms with Crippen molar-refractivity contribution in [2.75, 3.05) is 12.4 Å². The van der Waals surface area contributed by atoms with Crippen molar-refractivity contribution in [2.24, 2.45) is 7.05 Å². The predicted molar refractivity (Wildman–Crippen MR) is 93.3 cm³/mol. The van der Waals surface area contributed by atoms with Crippen LogP contribution in [0.15, 0.2) is 24.4 Å². The number of esters is 1. The SMILES string of the molecule is COC(=O)c1ccc2c(c1)CCC(NCc1cnn(C)c1C)C(=O)N2. The summed E-state index contributed by atoms with van der Waals surface area (Å²) in [6, 6.07) is 4.91. The van der Waals surface area contributed by atoms with Crippen LogP contribution in [0.2, 0.25) is 0 Å². The van der Waals surface area contributed by atoms with Crippen molar-refractivity contribution in [3.05, 3.63) is 46.8 Å². The molecule has 0 spiro atoms. The van der Waals surface area contributed by atoms with Crippen LogP contribution in [0.3, 0.4) is 0 Å². The monoisotopic (exact) mass is 342 g/mol. The van der Waals surface area contributed by atoms with E-state index in [1.165, 1.54) is 7.11 Å². The van der Waals surface area contributed by atoms with Gasteiger partial charge in [-0.05, 0) is 43.5 Å². The summed E-state index contributed by atoms with van der Waals surface area (Å²) in [4.78, 5) is 24.2. The van der Waals surface area contributed by atoms with Gasteiger partial charge in [-0.2, -0.15) is 5.10 Å². The Bertz CT molecular complexity index is 813. The quantitative estimate of drug-likeness (QED) is 0.824. The van der Waals surface area contributed by atoms with Crippen LogP contribution in [0.1, 0.15) is 33.6 Å². The lowest BCUT2D eigenvalue weighted by Crippen LogP contribution is -2.39. The summed E-state index contributed by atoms with van der Waals surface area (Å²) in [5.41, 5.74) is 4.34. The second-order valence-electron chi connectivity index (χ2n) is 6.20. The molecule has 1 aliphatic heterocycles. The highest BCUT2D eigenvalue weighted by atomic mass is 16.5. The molecule has 1 unspecified atom stereocenters. The maximum atomic E-state index is 12.5. The van der Waals surface area contributed by atoms with Crippen molar-refractivity contribution < 1.29 is 14.3 Å². The number of aryl methyl sites for hydroxylation is 2. The van der Waals surface area contributed by atoms with Gasteiger partial charge in [0.1, 0.15) is 0 Å². The molecule has 1 amide bonds. The highest BCUT2D eigenvalue weighted by Gasteiger charge is 2.24. The van der Waals surface area contributed by atoms with Gasteiger partial charge in [0.05, 0.1) is 24.9 Å². The molecule has 7 nitrogen and oxygen atoms in total. The van der Waals surface area contributed by atoms with Gasteiger partial charge < -0.3 is 15.4 Å². The molecule has 1 aromatic heterocycles. The van der Waals surface area contributed by atoms with Crippen molar-refractivity contribution in [3.63, 3.8) is 0 Å². The Balaban J connectivity index is 1.70. The fraction of sp³-hybridized carbons (Fsp3) is 0.389. The van der Waals surface area contributed by atoms with Gasteiger partial charge in [-0.1, -0.05) is 0 Å². The number of fused-ring (bicyclic) bond motifs is 1. The topological polar surface area (TPSA) is 85.2 Å². The average molecular weight is 342 g/mol. The van der Waals surface area contributed by atoms with E-state index >= 15 is 0 Å². The first-order valence-electron chi connectivity index (χ1n) is 8.22. The molecule has 25 heavy (non-hydrogen) atoms. The summed E-state index contributed by atoms with van der Waals surface area (Å²) in [6.45, 7) is 2.59. The Hall–Kier alpha value is -2.67. The lowest BCUT2D eigenvalue weighted by Gasteiger charge is -2.15. The Morgan fingerprint density at radius 1 is 1.48 bits per heavy atom. The fourth-order valence-corrected chi connectivity index (χ4v) is 2.96. The number of nitrogens with one attached hydrogen (secondary N) is 2. The molecule has 0 aliphatic carbocycles. The van der Waals surface area contributed by atoms with Crippen LogP contribution in [0.5, 0.6) is 0 Å². The van der Waals surface area contributed by atoms with Crippen LogP contribution in [0.4, 0.5) is 5.69 Å². The third-order valence-corrected chi connectivity index (χ3v) is 4.68. The maximum absolute atomic E-state index is 12.5. The molecule has 0 fully saturated rings. The number of benzene rings is 1. The van der Waals surface area contributed by atoms with Crippen molar-refractivity contribution in [1.29, 1.82) is 0 Å². The summed E-state index contributed by atoms with van der Waals surface area (Å²) in [5.74, 6) is -0.439. The molecule has 3 rings (SSSR count). The molecule has 0 saturated heterocycles. The van der Waals surface area contributed by atoms with E-state index in [-0.39, 0.29) is 17.9 Å². The number of ether oxygens (including phenoxy) is 1. The van der Waals surface area contributed by atoms with E-state index < -0.39 is 0 Å². The van der Waals surface area contributed by atoms with E-state index in [0.717, 1.165) is 22.5 Å². The van der Waals surface area contributed by atoms with Crippen LogP contribution in [-0.2, 0) is 29.5 Å². The fourth-order valence-electron chi connectivity index (χ4n) is 2.96. The zero-order valence-electron chi connectivity index (χ0n) is 14.6. The number of amides is 1. The zero-order valence-corrected chi connectivity index (χ0v) is 14.6. The van der Waals surface area contributed by atoms with Crippen LogP contribution in [-0.4, -0.2) is 34.8 Å². The number of hydrogen-bond acceptors (Lipinski definition) is 5. The van der Waals surface area contributed by atoms with E-state index in [4.69, 9.17) is 4.74 Å². The number of nitrogens with zero attached hydrogens (tertiary/aromatic N) is 2. The summed E-state index contributed by atoms with van der Waals surface area (Å²) in [5, 5.41) is 10.5. The average Bonchev–Trinajstić information content (AvgIpc) is 2.84. The Morgan fingerprint density at radius 3 is 2.96 bits per heavy atom. The van der Waals surface area contributed by atoms with Crippen LogP contribution < -0.4 is 10.6 Å². The van der Waals surface area contributed by atoms with Gasteiger partial charge in [0.15, 0.2) is 0 Å². The molecule has 0 bridgehead atoms. The normalized spacial score (nSPS) is 16.8. The third kappa shape index (κ3) is 3.56. The van der Waals surface area contributed by atoms with Crippen molar-refractivity contribution in [2.45, 2.75) is 32.4 Å². The lowest BCUT2D eigenvalue weighted by molar-refractivity contribution is -0.118. The van der Waals surface area contributed by atoms with Crippen LogP contribution in [0, 0.1) is 6.92 Å². The molecular weight excluding hydrogens is 320 g/mol. The van der Waals surface area contributed by atoms with E-state index in [1.54, 1.807) is 18.2 Å². The van der Waals surface area contributed by atoms with E-state index in [9.17, 15) is 9.59 Å². The minimum absolute atomic E-state index is 0.0638. The van der Waals surface area contributed by atoms with Crippen LogP contribution >= 0.6 is 0 Å². The lowest BCUT2D eigenvalue weighted by atomic mass is 10.0.